The second kappa shape index (κ2) is 4.91. The zero-order chi connectivity index (χ0) is 12.5. The zero-order valence-corrected chi connectivity index (χ0v) is 10.9. The number of nitrogens with zero attached hydrogens (tertiary/aromatic N) is 2. The zero-order valence-electron chi connectivity index (χ0n) is 10.1. The molecule has 0 bridgehead atoms. The van der Waals surface area contributed by atoms with E-state index >= 15 is 0 Å². The fourth-order valence-corrected chi connectivity index (χ4v) is 3.77. The smallest absolute Gasteiger partial charge is 0.237 e. The summed E-state index contributed by atoms with van der Waals surface area (Å²) in [4.78, 5) is 13.7. The van der Waals surface area contributed by atoms with Gasteiger partial charge in [0, 0.05) is 38.6 Å². The molecule has 98 valence electrons. The van der Waals surface area contributed by atoms with Crippen molar-refractivity contribution in [2.45, 2.75) is 18.9 Å². The van der Waals surface area contributed by atoms with Crippen LogP contribution in [0, 0.1) is 0 Å². The first-order valence-electron chi connectivity index (χ1n) is 5.94. The summed E-state index contributed by atoms with van der Waals surface area (Å²) >= 11 is 0. The average molecular weight is 261 g/mol. The molecule has 2 saturated heterocycles. The monoisotopic (exact) mass is 261 g/mol. The minimum absolute atomic E-state index is 0.0240. The average Bonchev–Trinajstić information content (AvgIpc) is 2.51. The van der Waals surface area contributed by atoms with E-state index in [-0.39, 0.29) is 24.1 Å². The lowest BCUT2D eigenvalue weighted by molar-refractivity contribution is -0.125. The molecule has 0 radical (unpaired) electrons. The molecule has 1 amide bonds. The number of piperazine rings is 1. The largest absolute Gasteiger partial charge is 0.311 e. The lowest BCUT2D eigenvalue weighted by Crippen LogP contribution is -2.50. The highest BCUT2D eigenvalue weighted by Gasteiger charge is 2.35. The summed E-state index contributed by atoms with van der Waals surface area (Å²) in [5.41, 5.74) is 0. The number of likely N-dealkylation sites (N-methyl/N-ethyl adjacent to an activating group) is 1. The predicted octanol–water partition coefficient (Wildman–Crippen LogP) is -1.16. The van der Waals surface area contributed by atoms with Gasteiger partial charge < -0.3 is 10.2 Å². The number of nitrogens with one attached hydrogen (secondary N) is 1. The van der Waals surface area contributed by atoms with Gasteiger partial charge in [0.1, 0.15) is 0 Å². The molecule has 2 rings (SSSR count). The minimum atomic E-state index is -3.31. The fourth-order valence-electron chi connectivity index (χ4n) is 2.33. The molecule has 2 aliphatic rings. The van der Waals surface area contributed by atoms with Crippen LogP contribution in [0.2, 0.25) is 0 Å². The summed E-state index contributed by atoms with van der Waals surface area (Å²) in [6, 6.07) is 0.275. The van der Waals surface area contributed by atoms with Crippen LogP contribution in [0.15, 0.2) is 0 Å². The Morgan fingerprint density at radius 1 is 1.47 bits per heavy atom. The van der Waals surface area contributed by atoms with Gasteiger partial charge in [-0.2, -0.15) is 0 Å². The molecule has 0 spiro atoms. The first kappa shape index (κ1) is 12.8. The van der Waals surface area contributed by atoms with Crippen LogP contribution in [0.4, 0.5) is 0 Å². The summed E-state index contributed by atoms with van der Waals surface area (Å²) in [6.45, 7) is 3.15. The van der Waals surface area contributed by atoms with Gasteiger partial charge in [-0.05, 0) is 13.5 Å². The van der Waals surface area contributed by atoms with E-state index in [1.54, 1.807) is 0 Å². The van der Waals surface area contributed by atoms with Gasteiger partial charge in [-0.25, -0.2) is 12.7 Å². The maximum absolute atomic E-state index is 11.6. The van der Waals surface area contributed by atoms with E-state index in [0.717, 1.165) is 23.9 Å². The predicted molar refractivity (Wildman–Crippen MR) is 64.0 cm³/mol. The van der Waals surface area contributed by atoms with Gasteiger partial charge in [0.15, 0.2) is 0 Å². The molecule has 0 aromatic carbocycles. The Hall–Kier alpha value is -0.660. The molecule has 1 unspecified atom stereocenters. The van der Waals surface area contributed by atoms with Crippen LogP contribution < -0.4 is 5.32 Å². The molecule has 17 heavy (non-hydrogen) atoms. The number of amides is 1. The van der Waals surface area contributed by atoms with Crippen molar-refractivity contribution in [3.05, 3.63) is 0 Å². The Kier molecular flexibility index (Phi) is 3.70. The van der Waals surface area contributed by atoms with E-state index in [1.165, 1.54) is 0 Å². The maximum Gasteiger partial charge on any atom is 0.237 e. The third kappa shape index (κ3) is 2.97. The molecule has 1 atom stereocenters. The number of hydrogen-bond acceptors (Lipinski definition) is 5. The van der Waals surface area contributed by atoms with E-state index in [0.29, 0.717) is 13.0 Å². The van der Waals surface area contributed by atoms with Crippen molar-refractivity contribution < 1.29 is 13.2 Å². The molecule has 0 aromatic heterocycles. The summed E-state index contributed by atoms with van der Waals surface area (Å²) in [7, 11) is -1.26. The van der Waals surface area contributed by atoms with Crippen LogP contribution in [-0.2, 0) is 14.8 Å². The molecule has 2 aliphatic heterocycles. The van der Waals surface area contributed by atoms with Crippen molar-refractivity contribution in [3.63, 3.8) is 0 Å². The molecule has 1 N–H and O–H groups in total. The first-order valence-corrected chi connectivity index (χ1v) is 7.55. The van der Waals surface area contributed by atoms with Gasteiger partial charge in [-0.15, -0.1) is 0 Å². The summed E-state index contributed by atoms with van der Waals surface area (Å²) in [5, 5.41) is 3.34. The van der Waals surface area contributed by atoms with E-state index in [9.17, 15) is 13.2 Å². The minimum Gasteiger partial charge on any atom is -0.311 e. The molecule has 0 aliphatic carbocycles. The van der Waals surface area contributed by atoms with Gasteiger partial charge in [-0.3, -0.25) is 4.79 Å². The van der Waals surface area contributed by atoms with Crippen LogP contribution in [0.3, 0.4) is 0 Å². The number of sulfonamides is 1. The lowest BCUT2D eigenvalue weighted by Gasteiger charge is -2.31. The third-order valence-electron chi connectivity index (χ3n) is 3.33. The van der Waals surface area contributed by atoms with E-state index in [2.05, 4.69) is 10.2 Å². The molecule has 7 heteroatoms. The number of rotatable bonds is 3. The van der Waals surface area contributed by atoms with Gasteiger partial charge in [-0.1, -0.05) is 0 Å². The van der Waals surface area contributed by atoms with Gasteiger partial charge >= 0.3 is 0 Å². The van der Waals surface area contributed by atoms with Crippen molar-refractivity contribution in [2.75, 3.05) is 39.0 Å². The van der Waals surface area contributed by atoms with E-state index in [1.807, 2.05) is 7.05 Å². The molecule has 6 nitrogen and oxygen atoms in total. The summed E-state index contributed by atoms with van der Waals surface area (Å²) < 4.78 is 24.2. The van der Waals surface area contributed by atoms with Crippen molar-refractivity contribution in [1.29, 1.82) is 0 Å². The number of carbonyl (C=O) groups is 1. The molecule has 2 heterocycles. The Morgan fingerprint density at radius 2 is 2.24 bits per heavy atom. The van der Waals surface area contributed by atoms with Crippen molar-refractivity contribution in [3.8, 4) is 0 Å². The van der Waals surface area contributed by atoms with Gasteiger partial charge in [0.05, 0.1) is 5.75 Å². The Morgan fingerprint density at radius 3 is 2.82 bits per heavy atom. The fraction of sp³-hybridized carbons (Fsp3) is 0.900. The highest BCUT2D eigenvalue weighted by atomic mass is 32.2. The highest BCUT2D eigenvalue weighted by Crippen LogP contribution is 2.16. The topological polar surface area (TPSA) is 69.7 Å². The number of hydrogen-bond donors (Lipinski definition) is 1. The van der Waals surface area contributed by atoms with Gasteiger partial charge in [0.2, 0.25) is 15.9 Å². The van der Waals surface area contributed by atoms with E-state index < -0.39 is 10.0 Å². The molecule has 0 aromatic rings. The normalized spacial score (nSPS) is 29.8. The SMILES string of the molecule is CN1CCNC(CCN2C(=O)CCS2(=O)=O)C1. The number of carbonyl (C=O) groups excluding carboxylic acids is 1. The second-order valence-corrected chi connectivity index (χ2v) is 6.75. The first-order chi connectivity index (χ1) is 7.99. The van der Waals surface area contributed by atoms with Crippen molar-refractivity contribution in [1.82, 2.24) is 14.5 Å². The molecule has 2 fully saturated rings. The molecule has 0 saturated carbocycles. The standard InChI is InChI=1S/C10H19N3O3S/c1-12-6-4-11-9(8-12)2-5-13-10(14)3-7-17(13,15)16/h9,11H,2-8H2,1H3. The summed E-state index contributed by atoms with van der Waals surface area (Å²) in [6.07, 6.45) is 0.829. The van der Waals surface area contributed by atoms with Crippen LogP contribution in [0.25, 0.3) is 0 Å². The Bertz CT molecular complexity index is 396. The Balaban J connectivity index is 1.87. The summed E-state index contributed by atoms with van der Waals surface area (Å²) in [5.74, 6) is -0.279. The van der Waals surface area contributed by atoms with E-state index in [4.69, 9.17) is 0 Å². The van der Waals surface area contributed by atoms with Crippen LogP contribution >= 0.6 is 0 Å². The Labute approximate surface area is 102 Å². The maximum atomic E-state index is 11.6. The van der Waals surface area contributed by atoms with Gasteiger partial charge in [0.25, 0.3) is 0 Å². The molecular formula is C10H19N3O3S. The lowest BCUT2D eigenvalue weighted by atomic mass is 10.1. The van der Waals surface area contributed by atoms with Crippen molar-refractivity contribution in [2.24, 2.45) is 0 Å². The van der Waals surface area contributed by atoms with Crippen LogP contribution in [0.5, 0.6) is 0 Å². The third-order valence-corrected chi connectivity index (χ3v) is 5.10. The van der Waals surface area contributed by atoms with Crippen LogP contribution in [-0.4, -0.2) is 68.6 Å². The van der Waals surface area contributed by atoms with Crippen LogP contribution in [0.1, 0.15) is 12.8 Å². The second-order valence-electron chi connectivity index (χ2n) is 4.73. The van der Waals surface area contributed by atoms with Crippen molar-refractivity contribution >= 4 is 15.9 Å². The molecular weight excluding hydrogens is 242 g/mol. The quantitative estimate of drug-likeness (QED) is 0.694. The highest BCUT2D eigenvalue weighted by molar-refractivity contribution is 7.90.